The quantitative estimate of drug-likeness (QED) is 0.0852. The van der Waals surface area contributed by atoms with Crippen LogP contribution in [0.1, 0.15) is 57.4 Å². The fourth-order valence-corrected chi connectivity index (χ4v) is 7.09. The Balaban J connectivity index is 1.49. The second-order valence-corrected chi connectivity index (χ2v) is 12.3. The first-order valence-electron chi connectivity index (χ1n) is 14.0. The van der Waals surface area contributed by atoms with Crippen molar-refractivity contribution in [3.8, 4) is 11.5 Å². The third-order valence-corrected chi connectivity index (χ3v) is 9.17. The van der Waals surface area contributed by atoms with Crippen LogP contribution in [0.2, 0.25) is 6.32 Å². The van der Waals surface area contributed by atoms with Gasteiger partial charge >= 0.3 is 13.1 Å². The van der Waals surface area contributed by atoms with Crippen molar-refractivity contribution in [3.05, 3.63) is 38.0 Å². The zero-order chi connectivity index (χ0) is 29.8. The number of carbonyl (C=O) groups is 3. The van der Waals surface area contributed by atoms with E-state index < -0.39 is 36.9 Å². The Morgan fingerprint density at radius 2 is 1.95 bits per heavy atom. The molecule has 0 unspecified atom stereocenters. The number of benzene rings is 1. The summed E-state index contributed by atoms with van der Waals surface area (Å²) < 4.78 is 11.9. The second-order valence-electron chi connectivity index (χ2n) is 11.1. The molecule has 2 saturated heterocycles. The number of unbranched alkanes of at least 4 members (excludes halogenated alkanes) is 2. The van der Waals surface area contributed by atoms with E-state index in [9.17, 15) is 29.6 Å². The Hall–Kier alpha value is -2.42. The first kappa shape index (κ1) is 31.5. The highest BCUT2D eigenvalue weighted by Crippen LogP contribution is 2.50. The molecule has 2 aliphatic heterocycles. The lowest BCUT2D eigenvalue weighted by Crippen LogP contribution is -2.46. The molecule has 1 aromatic carbocycles. The second kappa shape index (κ2) is 13.7. The van der Waals surface area contributed by atoms with Gasteiger partial charge in [0.15, 0.2) is 11.5 Å². The summed E-state index contributed by atoms with van der Waals surface area (Å²) in [5.74, 6) is -2.46. The number of halogens is 1. The normalized spacial score (nSPS) is 24.6. The number of imide groups is 1. The summed E-state index contributed by atoms with van der Waals surface area (Å²) in [5, 5.41) is 39.9. The van der Waals surface area contributed by atoms with Crippen molar-refractivity contribution >= 4 is 53.6 Å². The van der Waals surface area contributed by atoms with E-state index in [0.717, 1.165) is 16.7 Å². The number of hydrogen-bond acceptors (Lipinski definition) is 8. The van der Waals surface area contributed by atoms with E-state index in [1.54, 1.807) is 6.07 Å². The highest BCUT2D eigenvalue weighted by molar-refractivity contribution is 14.1. The Kier molecular flexibility index (Phi) is 10.5. The third-order valence-electron chi connectivity index (χ3n) is 8.35. The Labute approximate surface area is 253 Å². The van der Waals surface area contributed by atoms with Gasteiger partial charge in [-0.25, -0.2) is 0 Å². The predicted molar refractivity (Wildman–Crippen MR) is 160 cm³/mol. The average molecular weight is 681 g/mol. The molecule has 222 valence electrons. The average Bonchev–Trinajstić information content (AvgIpc) is 3.17. The van der Waals surface area contributed by atoms with E-state index in [4.69, 9.17) is 14.5 Å². The van der Waals surface area contributed by atoms with Gasteiger partial charge in [0.25, 0.3) is 0 Å². The number of carboxylic acids is 1. The van der Waals surface area contributed by atoms with Gasteiger partial charge in [0.1, 0.15) is 0 Å². The number of fused-ring (bicyclic) bond motifs is 3. The van der Waals surface area contributed by atoms with Crippen LogP contribution < -0.4 is 4.74 Å². The Morgan fingerprint density at radius 1 is 1.20 bits per heavy atom. The number of carbonyl (C=O) groups excluding carboxylic acids is 2. The van der Waals surface area contributed by atoms with E-state index in [1.165, 1.54) is 12.0 Å². The highest BCUT2D eigenvalue weighted by Gasteiger charge is 2.57. The molecule has 41 heavy (non-hydrogen) atoms. The van der Waals surface area contributed by atoms with Crippen LogP contribution in [0.15, 0.2) is 28.9 Å². The van der Waals surface area contributed by atoms with Gasteiger partial charge in [-0.2, -0.15) is 0 Å². The van der Waals surface area contributed by atoms with Gasteiger partial charge in [-0.3, -0.25) is 19.3 Å². The number of rotatable bonds is 12. The summed E-state index contributed by atoms with van der Waals surface area (Å²) in [7, 11) is 0.409. The number of phenolic OH excluding ortho intramolecular Hbond substituents is 1. The van der Waals surface area contributed by atoms with E-state index in [1.807, 2.05) is 41.7 Å². The van der Waals surface area contributed by atoms with Crippen molar-refractivity contribution in [2.75, 3.05) is 20.3 Å². The SMILES string of the molecule is COc1cc(/C=C(\C)CC[C@H]2OB(O)C[C@H]3C2=C(CO)C[C@H]2C(=O)N(CCCCCC(=O)O)C(=O)[C@H]23)cc(I)c1O. The van der Waals surface area contributed by atoms with E-state index in [-0.39, 0.29) is 49.9 Å². The maximum absolute atomic E-state index is 13.5. The molecule has 1 aliphatic carbocycles. The van der Waals surface area contributed by atoms with Crippen LogP contribution in [0, 0.1) is 21.3 Å². The van der Waals surface area contributed by atoms with Gasteiger partial charge in [-0.05, 0) is 103 Å². The fraction of sp³-hybridized carbons (Fsp3) is 0.552. The predicted octanol–water partition coefficient (Wildman–Crippen LogP) is 3.62. The molecular weight excluding hydrogens is 644 g/mol. The smallest absolute Gasteiger partial charge is 0.455 e. The molecule has 0 saturated carbocycles. The zero-order valence-corrected chi connectivity index (χ0v) is 25.5. The molecule has 4 N–H and O–H groups in total. The number of aliphatic carboxylic acids is 1. The third kappa shape index (κ3) is 6.98. The van der Waals surface area contributed by atoms with Crippen molar-refractivity contribution in [2.24, 2.45) is 17.8 Å². The molecule has 2 heterocycles. The van der Waals surface area contributed by atoms with E-state index in [0.29, 0.717) is 47.0 Å². The fourth-order valence-electron chi connectivity index (χ4n) is 6.47. The van der Waals surface area contributed by atoms with Gasteiger partial charge < -0.3 is 29.7 Å². The van der Waals surface area contributed by atoms with Gasteiger partial charge in [0.05, 0.1) is 35.2 Å². The lowest BCUT2D eigenvalue weighted by Gasteiger charge is -2.42. The van der Waals surface area contributed by atoms with Gasteiger partial charge in [0.2, 0.25) is 11.8 Å². The summed E-state index contributed by atoms with van der Waals surface area (Å²) in [6.07, 6.45) is 4.78. The molecule has 3 aliphatic rings. The Morgan fingerprint density at radius 3 is 2.63 bits per heavy atom. The lowest BCUT2D eigenvalue weighted by molar-refractivity contribution is -0.141. The summed E-state index contributed by atoms with van der Waals surface area (Å²) in [4.78, 5) is 38.9. The van der Waals surface area contributed by atoms with Crippen LogP contribution in [0.5, 0.6) is 11.5 Å². The topological polar surface area (TPSA) is 154 Å². The molecule has 1 aromatic rings. The molecule has 4 atom stereocenters. The first-order valence-corrected chi connectivity index (χ1v) is 15.1. The molecule has 0 aromatic heterocycles. The first-order chi connectivity index (χ1) is 19.5. The Bertz CT molecular complexity index is 1250. The maximum atomic E-state index is 13.5. The minimum absolute atomic E-state index is 0.0543. The molecule has 2 amide bonds. The number of hydrogen-bond donors (Lipinski definition) is 4. The van der Waals surface area contributed by atoms with Crippen molar-refractivity contribution in [2.45, 2.75) is 64.3 Å². The summed E-state index contributed by atoms with van der Waals surface area (Å²) in [6.45, 7) is 1.98. The van der Waals surface area contributed by atoms with E-state index in [2.05, 4.69) is 0 Å². The molecule has 0 radical (unpaired) electrons. The number of amides is 2. The van der Waals surface area contributed by atoms with Gasteiger partial charge in [-0.1, -0.05) is 18.1 Å². The number of aromatic hydroxyl groups is 1. The van der Waals surface area contributed by atoms with Crippen molar-refractivity contribution in [1.29, 1.82) is 0 Å². The molecule has 10 nitrogen and oxygen atoms in total. The zero-order valence-electron chi connectivity index (χ0n) is 23.3. The summed E-state index contributed by atoms with van der Waals surface area (Å²) >= 11 is 2.05. The number of carboxylic acid groups (broad SMARTS) is 1. The highest BCUT2D eigenvalue weighted by atomic mass is 127. The van der Waals surface area contributed by atoms with Crippen molar-refractivity contribution in [3.63, 3.8) is 0 Å². The summed E-state index contributed by atoms with van der Waals surface area (Å²) in [6, 6.07) is 3.61. The number of allylic oxidation sites excluding steroid dienone is 1. The van der Waals surface area contributed by atoms with Crippen molar-refractivity contribution in [1.82, 2.24) is 4.90 Å². The monoisotopic (exact) mass is 681 g/mol. The maximum Gasteiger partial charge on any atom is 0.455 e. The number of aliphatic hydroxyl groups is 1. The standard InChI is InChI=1S/C29H37BINO9/c1-16(10-17-11-21(31)27(36)23(12-17)40-2)7-8-22-25-18(15-33)13-19-26(20(25)14-30(39)41-22)29(38)32(28(19)37)9-5-3-4-6-24(34)35/h10-12,19-20,22,26,33,36,39H,3-9,13-15H2,1-2H3,(H,34,35)/b16-10+/t19-,20+,22-,26-/m1/s1. The van der Waals surface area contributed by atoms with Crippen molar-refractivity contribution < 1.29 is 44.1 Å². The lowest BCUT2D eigenvalue weighted by atomic mass is 9.58. The van der Waals surface area contributed by atoms with E-state index >= 15 is 0 Å². The number of ether oxygens (including phenoxy) is 1. The van der Waals surface area contributed by atoms with Gasteiger partial charge in [0, 0.05) is 13.0 Å². The molecule has 0 bridgehead atoms. The number of methoxy groups -OCH3 is 1. The number of likely N-dealkylation sites (tertiary alicyclic amines) is 1. The molecular formula is C29H37BINO9. The van der Waals surface area contributed by atoms with Gasteiger partial charge in [-0.15, -0.1) is 0 Å². The van der Waals surface area contributed by atoms with Crippen LogP contribution in [0.25, 0.3) is 6.08 Å². The number of nitrogens with zero attached hydrogens (tertiary/aromatic N) is 1. The largest absolute Gasteiger partial charge is 0.504 e. The molecule has 4 rings (SSSR count). The summed E-state index contributed by atoms with van der Waals surface area (Å²) in [5.41, 5.74) is 3.45. The minimum Gasteiger partial charge on any atom is -0.504 e. The number of aliphatic hydroxyl groups excluding tert-OH is 1. The van der Waals surface area contributed by atoms with Crippen LogP contribution in [0.3, 0.4) is 0 Å². The minimum atomic E-state index is -1.09. The van der Waals surface area contributed by atoms with Crippen LogP contribution in [0.4, 0.5) is 0 Å². The van der Waals surface area contributed by atoms with Crippen LogP contribution >= 0.6 is 22.6 Å². The molecule has 12 heteroatoms. The number of phenols is 1. The van der Waals surface area contributed by atoms with Crippen LogP contribution in [-0.2, 0) is 19.0 Å². The molecule has 0 spiro atoms. The van der Waals surface area contributed by atoms with Crippen LogP contribution in [-0.4, -0.2) is 76.5 Å². The molecule has 2 fully saturated rings.